The van der Waals surface area contributed by atoms with Crippen LogP contribution < -0.4 is 10.1 Å². The molecule has 0 saturated heterocycles. The lowest BCUT2D eigenvalue weighted by molar-refractivity contribution is -0.121. The summed E-state index contributed by atoms with van der Waals surface area (Å²) < 4.78 is 30.0. The fraction of sp³-hybridized carbons (Fsp3) is 0.562. The summed E-state index contributed by atoms with van der Waals surface area (Å²) in [7, 11) is -1.72. The molecular formula is C16H26N2O4S. The number of carbonyl (C=O) groups excluding carboxylic acids is 1. The van der Waals surface area contributed by atoms with E-state index in [1.165, 1.54) is 10.6 Å². The van der Waals surface area contributed by atoms with E-state index in [-0.39, 0.29) is 24.8 Å². The largest absolute Gasteiger partial charge is 0.496 e. The van der Waals surface area contributed by atoms with E-state index in [0.29, 0.717) is 18.8 Å². The van der Waals surface area contributed by atoms with E-state index in [9.17, 15) is 13.2 Å². The standard InChI is InChI=1S/C16H26N2O4S/c1-13(2)12-18(23(4,20)21)10-9-16(19)17-11-14-7-5-6-8-15(14)22-3/h5-8,13H,9-12H2,1-4H3,(H,17,19). The first-order chi connectivity index (χ1) is 10.7. The minimum absolute atomic E-state index is 0.134. The Bertz CT molecular complexity index is 614. The summed E-state index contributed by atoms with van der Waals surface area (Å²) in [5.74, 6) is 0.736. The highest BCUT2D eigenvalue weighted by atomic mass is 32.2. The second-order valence-electron chi connectivity index (χ2n) is 5.85. The molecule has 0 heterocycles. The summed E-state index contributed by atoms with van der Waals surface area (Å²) in [4.78, 5) is 12.0. The number of rotatable bonds is 9. The van der Waals surface area contributed by atoms with Crippen molar-refractivity contribution >= 4 is 15.9 Å². The first kappa shape index (κ1) is 19.4. The van der Waals surface area contributed by atoms with Gasteiger partial charge >= 0.3 is 0 Å². The summed E-state index contributed by atoms with van der Waals surface area (Å²) in [5, 5.41) is 2.79. The SMILES string of the molecule is COc1ccccc1CNC(=O)CCN(CC(C)C)S(C)(=O)=O. The Labute approximate surface area is 138 Å². The van der Waals surface area contributed by atoms with Gasteiger partial charge in [-0.25, -0.2) is 12.7 Å². The highest BCUT2D eigenvalue weighted by molar-refractivity contribution is 7.88. The molecule has 130 valence electrons. The third-order valence-corrected chi connectivity index (χ3v) is 4.56. The number of hydrogen-bond donors (Lipinski definition) is 1. The van der Waals surface area contributed by atoms with Gasteiger partial charge in [-0.05, 0) is 12.0 Å². The van der Waals surface area contributed by atoms with E-state index in [0.717, 1.165) is 5.56 Å². The second-order valence-corrected chi connectivity index (χ2v) is 7.84. The Balaban J connectivity index is 2.53. The van der Waals surface area contributed by atoms with Crippen molar-refractivity contribution in [2.24, 2.45) is 5.92 Å². The Kier molecular flexibility index (Phi) is 7.51. The maximum atomic E-state index is 12.0. The van der Waals surface area contributed by atoms with Crippen LogP contribution in [-0.4, -0.2) is 45.1 Å². The Morgan fingerprint density at radius 1 is 1.30 bits per heavy atom. The van der Waals surface area contributed by atoms with E-state index in [4.69, 9.17) is 4.74 Å². The molecule has 0 fully saturated rings. The van der Waals surface area contributed by atoms with E-state index in [1.807, 2.05) is 38.1 Å². The van der Waals surface area contributed by atoms with Crippen LogP contribution in [0.25, 0.3) is 0 Å². The van der Waals surface area contributed by atoms with Crippen LogP contribution in [0.2, 0.25) is 0 Å². The van der Waals surface area contributed by atoms with Crippen molar-refractivity contribution in [2.45, 2.75) is 26.8 Å². The molecule has 1 aromatic rings. The molecule has 0 spiro atoms. The number of ether oxygens (including phenoxy) is 1. The van der Waals surface area contributed by atoms with Gasteiger partial charge in [0.2, 0.25) is 15.9 Å². The van der Waals surface area contributed by atoms with Crippen LogP contribution in [0.4, 0.5) is 0 Å². The lowest BCUT2D eigenvalue weighted by Gasteiger charge is -2.21. The van der Waals surface area contributed by atoms with Crippen LogP contribution in [0, 0.1) is 5.92 Å². The highest BCUT2D eigenvalue weighted by Gasteiger charge is 2.18. The Morgan fingerprint density at radius 3 is 2.52 bits per heavy atom. The third kappa shape index (κ3) is 7.00. The summed E-state index contributed by atoms with van der Waals surface area (Å²) >= 11 is 0. The fourth-order valence-electron chi connectivity index (χ4n) is 2.16. The predicted octanol–water partition coefficient (Wildman–Crippen LogP) is 1.62. The Morgan fingerprint density at radius 2 is 1.96 bits per heavy atom. The van der Waals surface area contributed by atoms with Crippen molar-refractivity contribution in [2.75, 3.05) is 26.5 Å². The first-order valence-corrected chi connectivity index (χ1v) is 9.42. The second kappa shape index (κ2) is 8.88. The summed E-state index contributed by atoms with van der Waals surface area (Å²) in [5.41, 5.74) is 0.880. The molecule has 1 N–H and O–H groups in total. The van der Waals surface area contributed by atoms with E-state index in [2.05, 4.69) is 5.32 Å². The van der Waals surface area contributed by atoms with Gasteiger partial charge in [-0.2, -0.15) is 0 Å². The van der Waals surface area contributed by atoms with Gasteiger partial charge in [0, 0.05) is 31.6 Å². The highest BCUT2D eigenvalue weighted by Crippen LogP contribution is 2.16. The van der Waals surface area contributed by atoms with Crippen LogP contribution in [0.3, 0.4) is 0 Å². The van der Waals surface area contributed by atoms with Gasteiger partial charge in [-0.1, -0.05) is 32.0 Å². The topological polar surface area (TPSA) is 75.7 Å². The number of methoxy groups -OCH3 is 1. The van der Waals surface area contributed by atoms with Gasteiger partial charge in [0.15, 0.2) is 0 Å². The summed E-state index contributed by atoms with van der Waals surface area (Å²) in [6, 6.07) is 7.44. The van der Waals surface area contributed by atoms with Crippen molar-refractivity contribution in [3.8, 4) is 5.75 Å². The van der Waals surface area contributed by atoms with Crippen molar-refractivity contribution < 1.29 is 17.9 Å². The van der Waals surface area contributed by atoms with E-state index < -0.39 is 10.0 Å². The smallest absolute Gasteiger partial charge is 0.221 e. The van der Waals surface area contributed by atoms with Crippen LogP contribution in [0.1, 0.15) is 25.8 Å². The molecule has 6 nitrogen and oxygen atoms in total. The van der Waals surface area contributed by atoms with Crippen LogP contribution in [0.5, 0.6) is 5.75 Å². The van der Waals surface area contributed by atoms with Gasteiger partial charge in [0.05, 0.1) is 13.4 Å². The van der Waals surface area contributed by atoms with Crippen LogP contribution in [0.15, 0.2) is 24.3 Å². The lowest BCUT2D eigenvalue weighted by atomic mass is 10.2. The minimum atomic E-state index is -3.30. The third-order valence-electron chi connectivity index (χ3n) is 3.29. The fourth-order valence-corrected chi connectivity index (χ4v) is 3.15. The molecule has 0 aliphatic carbocycles. The molecular weight excluding hydrogens is 316 g/mol. The van der Waals surface area contributed by atoms with Crippen molar-refractivity contribution in [1.82, 2.24) is 9.62 Å². The maximum absolute atomic E-state index is 12.0. The van der Waals surface area contributed by atoms with E-state index in [1.54, 1.807) is 7.11 Å². The Hall–Kier alpha value is -1.60. The normalized spacial score (nSPS) is 11.7. The van der Waals surface area contributed by atoms with Crippen LogP contribution >= 0.6 is 0 Å². The van der Waals surface area contributed by atoms with Gasteiger partial charge in [-0.3, -0.25) is 4.79 Å². The molecule has 0 bridgehead atoms. The molecule has 7 heteroatoms. The first-order valence-electron chi connectivity index (χ1n) is 7.57. The monoisotopic (exact) mass is 342 g/mol. The number of para-hydroxylation sites is 1. The van der Waals surface area contributed by atoms with Crippen molar-refractivity contribution in [3.05, 3.63) is 29.8 Å². The lowest BCUT2D eigenvalue weighted by Crippen LogP contribution is -2.36. The zero-order valence-electron chi connectivity index (χ0n) is 14.2. The number of benzene rings is 1. The molecule has 0 aliphatic rings. The number of amides is 1. The molecule has 0 aromatic heterocycles. The van der Waals surface area contributed by atoms with Crippen molar-refractivity contribution in [1.29, 1.82) is 0 Å². The van der Waals surface area contributed by atoms with Gasteiger partial charge in [0.25, 0.3) is 0 Å². The zero-order chi connectivity index (χ0) is 17.5. The molecule has 1 amide bonds. The summed E-state index contributed by atoms with van der Waals surface area (Å²) in [6.45, 7) is 4.85. The minimum Gasteiger partial charge on any atom is -0.496 e. The van der Waals surface area contributed by atoms with E-state index >= 15 is 0 Å². The number of hydrogen-bond acceptors (Lipinski definition) is 4. The van der Waals surface area contributed by atoms with Crippen LogP contribution in [-0.2, 0) is 21.4 Å². The molecule has 1 rings (SSSR count). The molecule has 0 atom stereocenters. The molecule has 0 unspecified atom stereocenters. The molecule has 0 saturated carbocycles. The zero-order valence-corrected chi connectivity index (χ0v) is 15.0. The number of carbonyl (C=O) groups is 1. The van der Waals surface area contributed by atoms with Gasteiger partial charge < -0.3 is 10.1 Å². The molecule has 1 aromatic carbocycles. The quantitative estimate of drug-likeness (QED) is 0.740. The van der Waals surface area contributed by atoms with Gasteiger partial charge in [-0.15, -0.1) is 0 Å². The number of sulfonamides is 1. The molecule has 0 aliphatic heterocycles. The average molecular weight is 342 g/mol. The predicted molar refractivity (Wildman–Crippen MR) is 90.7 cm³/mol. The number of nitrogens with zero attached hydrogens (tertiary/aromatic N) is 1. The van der Waals surface area contributed by atoms with Crippen molar-refractivity contribution in [3.63, 3.8) is 0 Å². The molecule has 23 heavy (non-hydrogen) atoms. The van der Waals surface area contributed by atoms with Gasteiger partial charge in [0.1, 0.15) is 5.75 Å². The molecule has 0 radical (unpaired) electrons. The maximum Gasteiger partial charge on any atom is 0.221 e. The average Bonchev–Trinajstić information content (AvgIpc) is 2.48. The number of nitrogens with one attached hydrogen (secondary N) is 1. The summed E-state index contributed by atoms with van der Waals surface area (Å²) in [6.07, 6.45) is 1.30.